The van der Waals surface area contributed by atoms with Gasteiger partial charge in [-0.3, -0.25) is 9.20 Å². The van der Waals surface area contributed by atoms with Crippen LogP contribution in [0.3, 0.4) is 0 Å². The van der Waals surface area contributed by atoms with E-state index in [9.17, 15) is 4.21 Å². The topological polar surface area (TPSA) is 53.5 Å². The van der Waals surface area contributed by atoms with E-state index >= 15 is 0 Å². The van der Waals surface area contributed by atoms with Gasteiger partial charge >= 0.3 is 0 Å². The molecular formula is C16H29N3OS2. The van der Waals surface area contributed by atoms with E-state index in [1.54, 1.807) is 11.3 Å². The fraction of sp³-hybridized carbons (Fsp3) is 0.688. The third kappa shape index (κ3) is 6.92. The van der Waals surface area contributed by atoms with Gasteiger partial charge in [0.05, 0.1) is 0 Å². The van der Waals surface area contributed by atoms with Crippen molar-refractivity contribution in [3.05, 3.63) is 22.4 Å². The average Bonchev–Trinajstić information content (AvgIpc) is 2.97. The van der Waals surface area contributed by atoms with Crippen molar-refractivity contribution in [2.45, 2.75) is 45.3 Å². The molecular weight excluding hydrogens is 314 g/mol. The molecule has 0 aliphatic rings. The van der Waals surface area contributed by atoms with Crippen LogP contribution in [0, 0.1) is 0 Å². The average molecular weight is 344 g/mol. The molecule has 2 N–H and O–H groups in total. The van der Waals surface area contributed by atoms with Gasteiger partial charge in [-0.15, -0.1) is 0 Å². The number of guanidine groups is 1. The van der Waals surface area contributed by atoms with Crippen LogP contribution in [0.2, 0.25) is 0 Å². The first-order valence-electron chi connectivity index (χ1n) is 7.77. The van der Waals surface area contributed by atoms with Crippen molar-refractivity contribution in [1.82, 2.24) is 10.6 Å². The number of nitrogens with one attached hydrogen (secondary N) is 2. The predicted molar refractivity (Wildman–Crippen MR) is 99.5 cm³/mol. The summed E-state index contributed by atoms with van der Waals surface area (Å²) in [6.07, 6.45) is 0. The smallest absolute Gasteiger partial charge is 0.191 e. The molecule has 1 aromatic rings. The molecule has 22 heavy (non-hydrogen) atoms. The van der Waals surface area contributed by atoms with Crippen LogP contribution in [0.1, 0.15) is 46.1 Å². The standard InChI is InChI=1S/C16H29N3OS2/c1-6-17-15(18-8-10-22(20)16(3,4)5)19-11-13(2)14-7-9-21-12-14/h7,9,12-13H,6,8,10-11H2,1-5H3,(H2,17,18,19). The number of aliphatic imine (C=N–C) groups is 1. The first-order chi connectivity index (χ1) is 10.3. The fourth-order valence-electron chi connectivity index (χ4n) is 1.80. The molecule has 4 nitrogen and oxygen atoms in total. The summed E-state index contributed by atoms with van der Waals surface area (Å²) < 4.78 is 11.9. The van der Waals surface area contributed by atoms with E-state index in [0.717, 1.165) is 19.0 Å². The highest BCUT2D eigenvalue weighted by Gasteiger charge is 2.18. The van der Waals surface area contributed by atoms with Gasteiger partial charge in [0, 0.05) is 46.9 Å². The predicted octanol–water partition coefficient (Wildman–Crippen LogP) is 2.95. The molecule has 6 heteroatoms. The van der Waals surface area contributed by atoms with Gasteiger partial charge in [-0.25, -0.2) is 0 Å². The molecule has 2 unspecified atom stereocenters. The molecule has 0 saturated heterocycles. The van der Waals surface area contributed by atoms with Gasteiger partial charge in [0.15, 0.2) is 5.96 Å². The zero-order chi connectivity index (χ0) is 16.6. The van der Waals surface area contributed by atoms with E-state index in [1.807, 2.05) is 27.7 Å². The molecule has 0 radical (unpaired) electrons. The largest absolute Gasteiger partial charge is 0.357 e. The summed E-state index contributed by atoms with van der Waals surface area (Å²) in [6, 6.07) is 2.15. The first kappa shape index (κ1) is 19.2. The zero-order valence-electron chi connectivity index (χ0n) is 14.3. The Morgan fingerprint density at radius 1 is 1.41 bits per heavy atom. The van der Waals surface area contributed by atoms with Gasteiger partial charge in [0.1, 0.15) is 0 Å². The Bertz CT molecular complexity index is 478. The maximum atomic E-state index is 12.0. The molecule has 0 aliphatic carbocycles. The van der Waals surface area contributed by atoms with Gasteiger partial charge in [0.25, 0.3) is 0 Å². The van der Waals surface area contributed by atoms with E-state index in [4.69, 9.17) is 0 Å². The molecule has 0 aromatic carbocycles. The van der Waals surface area contributed by atoms with Crippen molar-refractivity contribution in [3.63, 3.8) is 0 Å². The van der Waals surface area contributed by atoms with Crippen LogP contribution in [-0.2, 0) is 10.8 Å². The highest BCUT2D eigenvalue weighted by atomic mass is 32.2. The molecule has 0 fully saturated rings. The Labute approximate surface area is 141 Å². The Balaban J connectivity index is 2.47. The summed E-state index contributed by atoms with van der Waals surface area (Å²) in [6.45, 7) is 12.5. The van der Waals surface area contributed by atoms with E-state index in [2.05, 4.69) is 39.4 Å². The summed E-state index contributed by atoms with van der Waals surface area (Å²) in [4.78, 5) is 4.63. The molecule has 0 amide bonds. The SMILES string of the molecule is CCNC(=NCC(C)c1ccsc1)NCCS(=O)C(C)(C)C. The minimum atomic E-state index is -0.839. The number of hydrogen-bond acceptors (Lipinski definition) is 3. The molecule has 1 rings (SSSR count). The van der Waals surface area contributed by atoms with Crippen molar-refractivity contribution >= 4 is 28.1 Å². The molecule has 1 aromatic heterocycles. The third-order valence-electron chi connectivity index (χ3n) is 3.24. The van der Waals surface area contributed by atoms with Crippen molar-refractivity contribution in [2.24, 2.45) is 4.99 Å². The summed E-state index contributed by atoms with van der Waals surface area (Å²) >= 11 is 1.72. The van der Waals surface area contributed by atoms with Crippen LogP contribution in [0.25, 0.3) is 0 Å². The van der Waals surface area contributed by atoms with Crippen LogP contribution < -0.4 is 10.6 Å². The second kappa shape index (κ2) is 9.30. The van der Waals surface area contributed by atoms with Crippen LogP contribution in [0.4, 0.5) is 0 Å². The van der Waals surface area contributed by atoms with Crippen LogP contribution in [-0.4, -0.2) is 40.3 Å². The van der Waals surface area contributed by atoms with Gasteiger partial charge in [-0.05, 0) is 50.1 Å². The van der Waals surface area contributed by atoms with Crippen molar-refractivity contribution in [1.29, 1.82) is 0 Å². The Morgan fingerprint density at radius 2 is 2.14 bits per heavy atom. The van der Waals surface area contributed by atoms with Crippen LogP contribution in [0.15, 0.2) is 21.8 Å². The summed E-state index contributed by atoms with van der Waals surface area (Å²) in [5, 5.41) is 10.8. The van der Waals surface area contributed by atoms with Crippen molar-refractivity contribution in [3.8, 4) is 0 Å². The lowest BCUT2D eigenvalue weighted by Crippen LogP contribution is -2.40. The number of rotatable bonds is 7. The monoisotopic (exact) mass is 343 g/mol. The highest BCUT2D eigenvalue weighted by Crippen LogP contribution is 2.18. The molecule has 0 bridgehead atoms. The Kier molecular flexibility index (Phi) is 8.10. The van der Waals surface area contributed by atoms with E-state index in [-0.39, 0.29) is 4.75 Å². The fourth-order valence-corrected chi connectivity index (χ4v) is 3.48. The quantitative estimate of drug-likeness (QED) is 0.591. The molecule has 126 valence electrons. The maximum Gasteiger partial charge on any atom is 0.191 e. The second-order valence-corrected chi connectivity index (χ2v) is 9.37. The van der Waals surface area contributed by atoms with Gasteiger partial charge in [0.2, 0.25) is 0 Å². The van der Waals surface area contributed by atoms with Gasteiger partial charge in [-0.2, -0.15) is 11.3 Å². The zero-order valence-corrected chi connectivity index (χ0v) is 15.9. The normalized spacial score (nSPS) is 15.4. The minimum absolute atomic E-state index is 0.162. The third-order valence-corrected chi connectivity index (χ3v) is 5.89. The summed E-state index contributed by atoms with van der Waals surface area (Å²) in [5.74, 6) is 1.84. The molecule has 0 spiro atoms. The van der Waals surface area contributed by atoms with E-state index in [0.29, 0.717) is 18.2 Å². The number of nitrogens with zero attached hydrogens (tertiary/aromatic N) is 1. The molecule has 1 heterocycles. The van der Waals surface area contributed by atoms with E-state index in [1.165, 1.54) is 5.56 Å². The van der Waals surface area contributed by atoms with Gasteiger partial charge in [-0.1, -0.05) is 6.92 Å². The molecule has 0 aliphatic heterocycles. The summed E-state index contributed by atoms with van der Waals surface area (Å²) in [5.41, 5.74) is 1.33. The highest BCUT2D eigenvalue weighted by molar-refractivity contribution is 7.86. The van der Waals surface area contributed by atoms with Crippen LogP contribution >= 0.6 is 11.3 Å². The van der Waals surface area contributed by atoms with Crippen LogP contribution in [0.5, 0.6) is 0 Å². The van der Waals surface area contributed by atoms with Crippen molar-refractivity contribution in [2.75, 3.05) is 25.4 Å². The lowest BCUT2D eigenvalue weighted by molar-refractivity contribution is 0.647. The number of hydrogen-bond donors (Lipinski definition) is 2. The van der Waals surface area contributed by atoms with Crippen molar-refractivity contribution < 1.29 is 4.21 Å². The summed E-state index contributed by atoms with van der Waals surface area (Å²) in [7, 11) is -0.839. The van der Waals surface area contributed by atoms with Gasteiger partial charge < -0.3 is 10.6 Å². The number of thiophene rings is 1. The first-order valence-corrected chi connectivity index (χ1v) is 10.0. The minimum Gasteiger partial charge on any atom is -0.357 e. The maximum absolute atomic E-state index is 12.0. The lowest BCUT2D eigenvalue weighted by Gasteiger charge is -2.18. The molecule has 2 atom stereocenters. The Morgan fingerprint density at radius 3 is 2.68 bits per heavy atom. The lowest BCUT2D eigenvalue weighted by atomic mass is 10.1. The molecule has 0 saturated carbocycles. The Hall–Kier alpha value is -0.880. The van der Waals surface area contributed by atoms with E-state index < -0.39 is 10.8 Å². The second-order valence-electron chi connectivity index (χ2n) is 6.27.